The van der Waals surface area contributed by atoms with E-state index in [0.717, 1.165) is 0 Å². The molecule has 0 aliphatic heterocycles. The van der Waals surface area contributed by atoms with E-state index in [-0.39, 0.29) is 6.10 Å². The summed E-state index contributed by atoms with van der Waals surface area (Å²) in [6.45, 7) is 2.19. The third kappa shape index (κ3) is 4.10. The van der Waals surface area contributed by atoms with Gasteiger partial charge in [-0.2, -0.15) is 0 Å². The van der Waals surface area contributed by atoms with Crippen molar-refractivity contribution >= 4 is 11.6 Å². The van der Waals surface area contributed by atoms with Gasteiger partial charge in [0.1, 0.15) is 5.75 Å². The minimum atomic E-state index is -0.341. The molecule has 1 aromatic rings. The maximum absolute atomic E-state index is 8.96. The zero-order valence-electron chi connectivity index (χ0n) is 7.40. The Morgan fingerprint density at radius 1 is 1.62 bits per heavy atom. The van der Waals surface area contributed by atoms with Crippen LogP contribution >= 0.6 is 11.6 Å². The van der Waals surface area contributed by atoms with Crippen molar-refractivity contribution in [2.45, 2.75) is 19.4 Å². The summed E-state index contributed by atoms with van der Waals surface area (Å²) in [5.74, 6) is 0.633. The van der Waals surface area contributed by atoms with Crippen LogP contribution in [0.5, 0.6) is 5.75 Å². The van der Waals surface area contributed by atoms with Crippen LogP contribution in [0.4, 0.5) is 0 Å². The number of aliphatic hydroxyl groups is 1. The number of hydrogen-bond donors (Lipinski definition) is 1. The Morgan fingerprint density at radius 2 is 2.38 bits per heavy atom. The molecule has 0 aliphatic rings. The average molecular weight is 202 g/mol. The molecule has 3 nitrogen and oxygen atoms in total. The lowest BCUT2D eigenvalue weighted by molar-refractivity contribution is 0.155. The maximum atomic E-state index is 8.96. The zero-order valence-corrected chi connectivity index (χ0v) is 8.16. The maximum Gasteiger partial charge on any atom is 0.139 e. The molecule has 0 spiro atoms. The van der Waals surface area contributed by atoms with Crippen molar-refractivity contribution in [3.05, 3.63) is 23.5 Å². The van der Waals surface area contributed by atoms with Gasteiger partial charge in [-0.1, -0.05) is 11.6 Å². The molecule has 0 bridgehead atoms. The molecule has 0 aliphatic carbocycles. The third-order valence-corrected chi connectivity index (χ3v) is 1.69. The molecule has 0 saturated carbocycles. The van der Waals surface area contributed by atoms with E-state index < -0.39 is 0 Å². The van der Waals surface area contributed by atoms with Crippen LogP contribution in [0.3, 0.4) is 0 Å². The number of halogens is 1. The minimum Gasteiger partial charge on any atom is -0.492 e. The number of ether oxygens (including phenoxy) is 1. The molecule has 72 valence electrons. The summed E-state index contributed by atoms with van der Waals surface area (Å²) < 4.78 is 5.29. The molecule has 0 amide bonds. The Kier molecular flexibility index (Phi) is 3.99. The average Bonchev–Trinajstić information content (AvgIpc) is 2.03. The van der Waals surface area contributed by atoms with Crippen molar-refractivity contribution in [1.29, 1.82) is 0 Å². The van der Waals surface area contributed by atoms with Crippen LogP contribution in [0, 0.1) is 0 Å². The number of hydrogen-bond acceptors (Lipinski definition) is 3. The second-order valence-corrected chi connectivity index (χ2v) is 3.26. The minimum absolute atomic E-state index is 0.341. The lowest BCUT2D eigenvalue weighted by Gasteiger charge is -2.06. The van der Waals surface area contributed by atoms with E-state index in [9.17, 15) is 0 Å². The van der Waals surface area contributed by atoms with E-state index in [0.29, 0.717) is 23.8 Å². The Morgan fingerprint density at radius 3 is 3.00 bits per heavy atom. The largest absolute Gasteiger partial charge is 0.492 e. The van der Waals surface area contributed by atoms with Crippen LogP contribution in [-0.2, 0) is 0 Å². The molecule has 1 unspecified atom stereocenters. The SMILES string of the molecule is CC(O)CCOc1cncc(Cl)c1. The van der Waals surface area contributed by atoms with E-state index in [1.807, 2.05) is 0 Å². The van der Waals surface area contributed by atoms with Crippen LogP contribution in [0.15, 0.2) is 18.5 Å². The number of rotatable bonds is 4. The van der Waals surface area contributed by atoms with E-state index in [1.165, 1.54) is 0 Å². The first kappa shape index (κ1) is 10.3. The van der Waals surface area contributed by atoms with Gasteiger partial charge < -0.3 is 9.84 Å². The van der Waals surface area contributed by atoms with E-state index in [1.54, 1.807) is 25.4 Å². The van der Waals surface area contributed by atoms with Gasteiger partial charge in [0.05, 0.1) is 23.9 Å². The van der Waals surface area contributed by atoms with E-state index >= 15 is 0 Å². The van der Waals surface area contributed by atoms with Crippen LogP contribution in [0.1, 0.15) is 13.3 Å². The van der Waals surface area contributed by atoms with Crippen LogP contribution in [-0.4, -0.2) is 22.8 Å². The van der Waals surface area contributed by atoms with E-state index in [4.69, 9.17) is 21.4 Å². The first-order valence-corrected chi connectivity index (χ1v) is 4.47. The summed E-state index contributed by atoms with van der Waals surface area (Å²) in [5, 5.41) is 9.51. The molecule has 4 heteroatoms. The number of pyridine rings is 1. The van der Waals surface area contributed by atoms with Crippen molar-refractivity contribution in [1.82, 2.24) is 4.98 Å². The fourth-order valence-electron chi connectivity index (χ4n) is 0.819. The van der Waals surface area contributed by atoms with Crippen molar-refractivity contribution in [2.75, 3.05) is 6.61 Å². The number of aliphatic hydroxyl groups excluding tert-OH is 1. The van der Waals surface area contributed by atoms with Crippen LogP contribution < -0.4 is 4.74 Å². The normalized spacial score (nSPS) is 12.5. The van der Waals surface area contributed by atoms with Gasteiger partial charge in [0.15, 0.2) is 0 Å². The third-order valence-electron chi connectivity index (χ3n) is 1.48. The monoisotopic (exact) mass is 201 g/mol. The van der Waals surface area contributed by atoms with Gasteiger partial charge in [-0.25, -0.2) is 0 Å². The molecule has 1 rings (SSSR count). The lowest BCUT2D eigenvalue weighted by Crippen LogP contribution is -2.07. The van der Waals surface area contributed by atoms with Gasteiger partial charge >= 0.3 is 0 Å². The zero-order chi connectivity index (χ0) is 9.68. The first-order chi connectivity index (χ1) is 6.18. The molecule has 13 heavy (non-hydrogen) atoms. The molecule has 1 atom stereocenters. The standard InChI is InChI=1S/C9H12ClNO2/c1-7(12)2-3-13-9-4-8(10)5-11-6-9/h4-7,12H,2-3H2,1H3. The molecule has 1 aromatic heterocycles. The number of nitrogens with zero attached hydrogens (tertiary/aromatic N) is 1. The highest BCUT2D eigenvalue weighted by molar-refractivity contribution is 6.30. The molecule has 1 heterocycles. The summed E-state index contributed by atoms with van der Waals surface area (Å²) in [6.07, 6.45) is 3.40. The second-order valence-electron chi connectivity index (χ2n) is 2.83. The van der Waals surface area contributed by atoms with Gasteiger partial charge in [0, 0.05) is 18.7 Å². The van der Waals surface area contributed by atoms with Crippen molar-refractivity contribution < 1.29 is 9.84 Å². The number of aromatic nitrogens is 1. The van der Waals surface area contributed by atoms with E-state index in [2.05, 4.69) is 4.98 Å². The van der Waals surface area contributed by atoms with Gasteiger partial charge in [0.2, 0.25) is 0 Å². The molecular formula is C9H12ClNO2. The predicted molar refractivity (Wildman–Crippen MR) is 51.0 cm³/mol. The quantitative estimate of drug-likeness (QED) is 0.809. The molecule has 1 N–H and O–H groups in total. The second kappa shape index (κ2) is 5.04. The summed E-state index contributed by atoms with van der Waals surface area (Å²) >= 11 is 5.69. The summed E-state index contributed by atoms with van der Waals surface area (Å²) in [6, 6.07) is 1.69. The van der Waals surface area contributed by atoms with Gasteiger partial charge in [-0.05, 0) is 6.92 Å². The Bertz CT molecular complexity index is 266. The molecule has 0 fully saturated rings. The summed E-state index contributed by atoms with van der Waals surface area (Å²) in [5.41, 5.74) is 0. The molecule has 0 aromatic carbocycles. The van der Waals surface area contributed by atoms with Gasteiger partial charge in [-0.3, -0.25) is 4.98 Å². The highest BCUT2D eigenvalue weighted by Gasteiger charge is 1.98. The summed E-state index contributed by atoms with van der Waals surface area (Å²) in [7, 11) is 0. The fraction of sp³-hybridized carbons (Fsp3) is 0.444. The highest BCUT2D eigenvalue weighted by atomic mass is 35.5. The van der Waals surface area contributed by atoms with Crippen molar-refractivity contribution in [3.63, 3.8) is 0 Å². The Labute approximate surface area is 82.3 Å². The van der Waals surface area contributed by atoms with Gasteiger partial charge in [0.25, 0.3) is 0 Å². The Hall–Kier alpha value is -0.800. The topological polar surface area (TPSA) is 42.4 Å². The van der Waals surface area contributed by atoms with Crippen molar-refractivity contribution in [3.8, 4) is 5.75 Å². The first-order valence-electron chi connectivity index (χ1n) is 4.10. The highest BCUT2D eigenvalue weighted by Crippen LogP contribution is 2.15. The van der Waals surface area contributed by atoms with Crippen LogP contribution in [0.2, 0.25) is 5.02 Å². The van der Waals surface area contributed by atoms with Crippen LogP contribution in [0.25, 0.3) is 0 Å². The fourth-order valence-corrected chi connectivity index (χ4v) is 0.983. The smallest absolute Gasteiger partial charge is 0.139 e. The summed E-state index contributed by atoms with van der Waals surface area (Å²) in [4.78, 5) is 3.86. The predicted octanol–water partition coefficient (Wildman–Crippen LogP) is 1.88. The lowest BCUT2D eigenvalue weighted by atomic mass is 10.3. The molecule has 0 radical (unpaired) electrons. The van der Waals surface area contributed by atoms with Gasteiger partial charge in [-0.15, -0.1) is 0 Å². The molecular weight excluding hydrogens is 190 g/mol. The van der Waals surface area contributed by atoms with Crippen molar-refractivity contribution in [2.24, 2.45) is 0 Å². The molecule has 0 saturated heterocycles. The Balaban J connectivity index is 2.37.